The van der Waals surface area contributed by atoms with Gasteiger partial charge in [-0.3, -0.25) is 4.57 Å². The van der Waals surface area contributed by atoms with E-state index in [1.165, 1.54) is 4.57 Å². The average molecular weight is 439 g/mol. The van der Waals surface area contributed by atoms with Crippen molar-refractivity contribution in [1.29, 1.82) is 0 Å². The normalized spacial score (nSPS) is 10.9. The Morgan fingerprint density at radius 1 is 0.968 bits per heavy atom. The number of benzene rings is 2. The van der Waals surface area contributed by atoms with E-state index in [0.717, 1.165) is 21.3 Å². The summed E-state index contributed by atoms with van der Waals surface area (Å²) in [4.78, 5) is 29.4. The first-order valence-corrected chi connectivity index (χ1v) is 9.89. The molecule has 4 rings (SSSR count). The summed E-state index contributed by atoms with van der Waals surface area (Å²) in [6.45, 7) is -0.310. The van der Waals surface area contributed by atoms with Gasteiger partial charge in [0.1, 0.15) is 0 Å². The third kappa shape index (κ3) is 4.60. The number of hydrogen-bond acceptors (Lipinski definition) is 6. The molecule has 0 aliphatic carbocycles. The first-order chi connectivity index (χ1) is 15.0. The van der Waals surface area contributed by atoms with Gasteiger partial charge in [0.15, 0.2) is 0 Å². The second kappa shape index (κ2) is 9.03. The van der Waals surface area contributed by atoms with Crippen LogP contribution in [-0.2, 0) is 13.1 Å². The van der Waals surface area contributed by atoms with E-state index in [0.29, 0.717) is 10.7 Å². The largest absolute Gasteiger partial charge is 0.472 e. The highest BCUT2D eigenvalue weighted by Crippen LogP contribution is 2.23. The molecule has 2 aromatic carbocycles. The summed E-state index contributed by atoms with van der Waals surface area (Å²) >= 11 is 5.95. The van der Waals surface area contributed by atoms with E-state index in [4.69, 9.17) is 16.0 Å². The molecule has 0 fully saturated rings. The highest BCUT2D eigenvalue weighted by Gasteiger charge is 2.14. The van der Waals surface area contributed by atoms with Crippen molar-refractivity contribution in [2.75, 3.05) is 11.9 Å². The van der Waals surface area contributed by atoms with Crippen LogP contribution in [0.5, 0.6) is 0 Å². The number of anilines is 2. The number of furan rings is 1. The summed E-state index contributed by atoms with van der Waals surface area (Å²) in [6, 6.07) is 16.3. The monoisotopic (exact) mass is 438 g/mol. The molecule has 9 heteroatoms. The van der Waals surface area contributed by atoms with Gasteiger partial charge in [0.2, 0.25) is 5.95 Å². The molecule has 0 radical (unpaired) electrons. The number of aliphatic hydroxyl groups excluding tert-OH is 1. The van der Waals surface area contributed by atoms with Gasteiger partial charge in [-0.2, -0.15) is 4.98 Å². The molecule has 0 amide bonds. The smallest absolute Gasteiger partial charge is 0.355 e. The third-order valence-electron chi connectivity index (χ3n) is 4.72. The van der Waals surface area contributed by atoms with Crippen molar-refractivity contribution in [3.63, 3.8) is 0 Å². The minimum absolute atomic E-state index is 0.107. The van der Waals surface area contributed by atoms with Gasteiger partial charge in [-0.1, -0.05) is 35.9 Å². The summed E-state index contributed by atoms with van der Waals surface area (Å²) in [5, 5.41) is 12.8. The van der Waals surface area contributed by atoms with Crippen molar-refractivity contribution in [1.82, 2.24) is 14.1 Å². The number of rotatable bonds is 7. The van der Waals surface area contributed by atoms with Crippen molar-refractivity contribution < 1.29 is 9.52 Å². The minimum atomic E-state index is -0.732. The van der Waals surface area contributed by atoms with Gasteiger partial charge >= 0.3 is 11.4 Å². The van der Waals surface area contributed by atoms with E-state index < -0.39 is 11.4 Å². The van der Waals surface area contributed by atoms with Crippen LogP contribution in [0.4, 0.5) is 11.6 Å². The minimum Gasteiger partial charge on any atom is -0.472 e. The zero-order valence-electron chi connectivity index (χ0n) is 16.4. The molecule has 0 spiro atoms. The lowest BCUT2D eigenvalue weighted by Crippen LogP contribution is -2.43. The van der Waals surface area contributed by atoms with Crippen LogP contribution in [0, 0.1) is 0 Å². The maximum atomic E-state index is 13.0. The maximum absolute atomic E-state index is 13.0. The highest BCUT2D eigenvalue weighted by atomic mass is 35.5. The molecule has 0 bridgehead atoms. The first-order valence-electron chi connectivity index (χ1n) is 9.52. The van der Waals surface area contributed by atoms with Gasteiger partial charge in [-0.15, -0.1) is 0 Å². The van der Waals surface area contributed by atoms with Crippen LogP contribution in [0.3, 0.4) is 0 Å². The fraction of sp³-hybridized carbons (Fsp3) is 0.136. The molecule has 0 saturated carbocycles. The highest BCUT2D eigenvalue weighted by molar-refractivity contribution is 6.30. The molecule has 8 nitrogen and oxygen atoms in total. The summed E-state index contributed by atoms with van der Waals surface area (Å²) in [5.74, 6) is 0.107. The molecule has 0 saturated heterocycles. The molecule has 4 aromatic rings. The van der Waals surface area contributed by atoms with Gasteiger partial charge in [-0.25, -0.2) is 14.2 Å². The molecule has 0 atom stereocenters. The third-order valence-corrected chi connectivity index (χ3v) is 4.98. The molecule has 2 heterocycles. The number of halogens is 1. The molecule has 2 aromatic heterocycles. The fourth-order valence-electron chi connectivity index (χ4n) is 3.13. The van der Waals surface area contributed by atoms with E-state index in [9.17, 15) is 14.7 Å². The van der Waals surface area contributed by atoms with E-state index >= 15 is 0 Å². The van der Waals surface area contributed by atoms with Crippen LogP contribution in [0.15, 0.2) is 81.1 Å². The standard InChI is InChI=1S/C22H19ClN4O4/c23-18-5-1-15(2-6-18)13-27-20(25-21(29)26(10-11-28)22(27)30)24-19-7-3-16(4-8-19)17-9-12-31-14-17/h1-9,12,14,28H,10-11,13H2,(H,24,25,29). The average Bonchev–Trinajstić information content (AvgIpc) is 3.31. The van der Waals surface area contributed by atoms with Crippen LogP contribution in [0.1, 0.15) is 5.56 Å². The SMILES string of the molecule is O=c1nc(Nc2ccc(-c3ccoc3)cc2)n(Cc2ccc(Cl)cc2)c(=O)n1CCO. The second-order valence-electron chi connectivity index (χ2n) is 6.80. The van der Waals surface area contributed by atoms with Gasteiger partial charge < -0.3 is 14.8 Å². The molecule has 0 aliphatic rings. The van der Waals surface area contributed by atoms with Gasteiger partial charge in [0.25, 0.3) is 0 Å². The van der Waals surface area contributed by atoms with Crippen LogP contribution in [0.25, 0.3) is 11.1 Å². The Hall–Kier alpha value is -3.62. The lowest BCUT2D eigenvalue weighted by molar-refractivity contribution is 0.268. The summed E-state index contributed by atoms with van der Waals surface area (Å²) < 4.78 is 7.36. The van der Waals surface area contributed by atoms with E-state index in [1.807, 2.05) is 30.3 Å². The zero-order valence-corrected chi connectivity index (χ0v) is 17.1. The van der Waals surface area contributed by atoms with Crippen molar-refractivity contribution in [2.45, 2.75) is 13.1 Å². The fourth-order valence-corrected chi connectivity index (χ4v) is 3.26. The zero-order chi connectivity index (χ0) is 21.8. The predicted octanol–water partition coefficient (Wildman–Crippen LogP) is 3.10. The van der Waals surface area contributed by atoms with Gasteiger partial charge in [0, 0.05) is 16.3 Å². The molecule has 0 unspecified atom stereocenters. The Balaban J connectivity index is 1.71. The quantitative estimate of drug-likeness (QED) is 0.459. The number of nitrogens with one attached hydrogen (secondary N) is 1. The van der Waals surface area contributed by atoms with Crippen molar-refractivity contribution in [3.05, 3.63) is 98.7 Å². The topological polar surface area (TPSA) is 102 Å². The summed E-state index contributed by atoms with van der Waals surface area (Å²) in [6.07, 6.45) is 3.25. The maximum Gasteiger partial charge on any atom is 0.355 e. The Labute approximate surface area is 182 Å². The first kappa shape index (κ1) is 20.6. The van der Waals surface area contributed by atoms with Crippen molar-refractivity contribution in [2.24, 2.45) is 0 Å². The van der Waals surface area contributed by atoms with Crippen LogP contribution in [-0.4, -0.2) is 25.8 Å². The van der Waals surface area contributed by atoms with E-state index in [-0.39, 0.29) is 25.6 Å². The predicted molar refractivity (Wildman–Crippen MR) is 118 cm³/mol. The van der Waals surface area contributed by atoms with Crippen molar-refractivity contribution >= 4 is 23.2 Å². The number of nitrogens with zero attached hydrogens (tertiary/aromatic N) is 3. The Morgan fingerprint density at radius 3 is 2.35 bits per heavy atom. The summed E-state index contributed by atoms with van der Waals surface area (Å²) in [7, 11) is 0. The molecule has 2 N–H and O–H groups in total. The molecule has 158 valence electrons. The van der Waals surface area contributed by atoms with Crippen LogP contribution in [0.2, 0.25) is 5.02 Å². The molecular weight excluding hydrogens is 420 g/mol. The number of aromatic nitrogens is 3. The van der Waals surface area contributed by atoms with Crippen LogP contribution < -0.4 is 16.7 Å². The second-order valence-corrected chi connectivity index (χ2v) is 7.24. The van der Waals surface area contributed by atoms with E-state index in [2.05, 4.69) is 10.3 Å². The molecular formula is C22H19ClN4O4. The number of aliphatic hydroxyl groups is 1. The van der Waals surface area contributed by atoms with Crippen molar-refractivity contribution in [3.8, 4) is 11.1 Å². The molecule has 31 heavy (non-hydrogen) atoms. The molecule has 0 aliphatic heterocycles. The number of hydrogen-bond donors (Lipinski definition) is 2. The lowest BCUT2D eigenvalue weighted by Gasteiger charge is -2.15. The Morgan fingerprint density at radius 2 is 1.71 bits per heavy atom. The van der Waals surface area contributed by atoms with E-state index in [1.54, 1.807) is 36.8 Å². The van der Waals surface area contributed by atoms with Gasteiger partial charge in [0.05, 0.1) is 32.2 Å². The Bertz CT molecular complexity index is 1280. The lowest BCUT2D eigenvalue weighted by atomic mass is 10.1. The Kier molecular flexibility index (Phi) is 6.01. The van der Waals surface area contributed by atoms with Crippen LogP contribution >= 0.6 is 11.6 Å². The van der Waals surface area contributed by atoms with Gasteiger partial charge in [-0.05, 0) is 41.5 Å². The summed E-state index contributed by atoms with van der Waals surface area (Å²) in [5.41, 5.74) is 2.06.